The van der Waals surface area contributed by atoms with Gasteiger partial charge in [0, 0.05) is 29.6 Å². The average Bonchev–Trinajstić information content (AvgIpc) is 2.79. The molecule has 0 amide bonds. The molecule has 1 aromatic carbocycles. The molecular formula is C11H14ClN5S. The molecule has 7 heteroatoms. The van der Waals surface area contributed by atoms with Gasteiger partial charge in [-0.1, -0.05) is 34.3 Å². The summed E-state index contributed by atoms with van der Waals surface area (Å²) in [5.74, 6) is 5.39. The molecule has 0 radical (unpaired) electrons. The molecule has 0 saturated heterocycles. The Bertz CT molecular complexity index is 516. The minimum absolute atomic E-state index is 0.668. The molecule has 1 aromatic heterocycles. The van der Waals surface area contributed by atoms with Crippen LogP contribution in [0, 0.1) is 0 Å². The fourth-order valence-electron chi connectivity index (χ4n) is 1.65. The average molecular weight is 284 g/mol. The van der Waals surface area contributed by atoms with Gasteiger partial charge in [0.05, 0.1) is 0 Å². The zero-order valence-electron chi connectivity index (χ0n) is 9.93. The van der Waals surface area contributed by atoms with Gasteiger partial charge in [-0.05, 0) is 18.7 Å². The molecule has 0 aliphatic rings. The van der Waals surface area contributed by atoms with Crippen molar-refractivity contribution >= 4 is 28.1 Å². The van der Waals surface area contributed by atoms with Gasteiger partial charge in [-0.3, -0.25) is 4.90 Å². The van der Waals surface area contributed by atoms with E-state index in [2.05, 4.69) is 19.9 Å². The van der Waals surface area contributed by atoms with Crippen LogP contribution in [0.5, 0.6) is 0 Å². The number of hydrogen-bond donors (Lipinski definition) is 2. The Morgan fingerprint density at radius 1 is 1.39 bits per heavy atom. The monoisotopic (exact) mass is 283 g/mol. The zero-order valence-corrected chi connectivity index (χ0v) is 11.5. The number of nitrogens with two attached hydrogens (primary N) is 1. The highest BCUT2D eigenvalue weighted by Gasteiger charge is 2.10. The van der Waals surface area contributed by atoms with Crippen molar-refractivity contribution in [2.75, 3.05) is 12.5 Å². The molecule has 2 rings (SSSR count). The number of halogens is 1. The first-order valence-electron chi connectivity index (χ1n) is 5.40. The number of benzene rings is 1. The van der Waals surface area contributed by atoms with Crippen LogP contribution >= 0.6 is 23.1 Å². The van der Waals surface area contributed by atoms with E-state index in [9.17, 15) is 0 Å². The highest BCUT2D eigenvalue weighted by molar-refractivity contribution is 7.10. The van der Waals surface area contributed by atoms with Gasteiger partial charge in [0.1, 0.15) is 10.7 Å². The van der Waals surface area contributed by atoms with E-state index in [1.54, 1.807) is 0 Å². The minimum atomic E-state index is 0.668. The van der Waals surface area contributed by atoms with E-state index in [1.807, 2.05) is 31.3 Å². The van der Waals surface area contributed by atoms with Gasteiger partial charge in [0.2, 0.25) is 0 Å². The summed E-state index contributed by atoms with van der Waals surface area (Å²) >= 11 is 7.37. The summed E-state index contributed by atoms with van der Waals surface area (Å²) in [5, 5.41) is 5.61. The van der Waals surface area contributed by atoms with Crippen LogP contribution in [0.1, 0.15) is 11.3 Å². The third kappa shape index (κ3) is 3.17. The minimum Gasteiger partial charge on any atom is -0.313 e. The molecule has 0 saturated carbocycles. The lowest BCUT2D eigenvalue weighted by Gasteiger charge is -2.16. The normalized spacial score (nSPS) is 10.9. The quantitative estimate of drug-likeness (QED) is 0.650. The zero-order chi connectivity index (χ0) is 13.0. The fourth-order valence-corrected chi connectivity index (χ4v) is 2.33. The maximum absolute atomic E-state index is 6.12. The predicted octanol–water partition coefficient (Wildman–Crippen LogP) is 2.11. The maximum atomic E-state index is 6.12. The van der Waals surface area contributed by atoms with Crippen LogP contribution in [-0.4, -0.2) is 21.5 Å². The van der Waals surface area contributed by atoms with Crippen molar-refractivity contribution in [1.29, 1.82) is 0 Å². The molecule has 0 unspecified atom stereocenters. The van der Waals surface area contributed by atoms with Crippen LogP contribution in [0.15, 0.2) is 24.3 Å². The Kier molecular flexibility index (Phi) is 4.48. The number of nitrogens with one attached hydrogen (secondary N) is 1. The van der Waals surface area contributed by atoms with Crippen molar-refractivity contribution in [2.45, 2.75) is 13.1 Å². The Hall–Kier alpha value is -1.21. The van der Waals surface area contributed by atoms with E-state index in [-0.39, 0.29) is 0 Å². The molecule has 0 fully saturated rings. The van der Waals surface area contributed by atoms with Crippen LogP contribution in [0.3, 0.4) is 0 Å². The van der Waals surface area contributed by atoms with Crippen LogP contribution in [-0.2, 0) is 13.1 Å². The summed E-state index contributed by atoms with van der Waals surface area (Å²) in [6.45, 7) is 1.42. The number of nitrogen functional groups attached to an aromatic ring is 1. The van der Waals surface area contributed by atoms with Crippen molar-refractivity contribution < 1.29 is 0 Å². The third-order valence-corrected chi connectivity index (χ3v) is 3.57. The maximum Gasteiger partial charge on any atom is 0.148 e. The largest absolute Gasteiger partial charge is 0.313 e. The molecule has 1 heterocycles. The van der Waals surface area contributed by atoms with Crippen molar-refractivity contribution in [3.05, 3.63) is 40.5 Å². The second-order valence-electron chi connectivity index (χ2n) is 3.96. The summed E-state index contributed by atoms with van der Waals surface area (Å²) < 4.78 is 3.87. The van der Waals surface area contributed by atoms with E-state index in [0.717, 1.165) is 27.8 Å². The molecule has 0 atom stereocenters. The lowest BCUT2D eigenvalue weighted by molar-refractivity contribution is 0.315. The first-order chi connectivity index (χ1) is 8.70. The Balaban J connectivity index is 2.01. The number of anilines is 1. The molecule has 0 aliphatic carbocycles. The number of rotatable bonds is 5. The fraction of sp³-hybridized carbons (Fsp3) is 0.273. The van der Waals surface area contributed by atoms with Gasteiger partial charge in [-0.25, -0.2) is 5.84 Å². The summed E-state index contributed by atoms with van der Waals surface area (Å²) in [4.78, 5) is 2.11. The summed E-state index contributed by atoms with van der Waals surface area (Å²) in [7, 11) is 2.00. The Labute approximate surface area is 115 Å². The molecular weight excluding hydrogens is 270 g/mol. The van der Waals surface area contributed by atoms with Gasteiger partial charge in [0.25, 0.3) is 0 Å². The Morgan fingerprint density at radius 3 is 2.89 bits per heavy atom. The first-order valence-corrected chi connectivity index (χ1v) is 6.55. The van der Waals surface area contributed by atoms with Crippen LogP contribution in [0.25, 0.3) is 0 Å². The summed E-state index contributed by atoms with van der Waals surface area (Å²) in [6.07, 6.45) is 0. The molecule has 5 nitrogen and oxygen atoms in total. The van der Waals surface area contributed by atoms with E-state index in [4.69, 9.17) is 17.4 Å². The summed E-state index contributed by atoms with van der Waals surface area (Å²) in [5.41, 5.74) is 4.53. The molecule has 0 bridgehead atoms. The highest BCUT2D eigenvalue weighted by Crippen LogP contribution is 2.20. The van der Waals surface area contributed by atoms with E-state index in [0.29, 0.717) is 6.54 Å². The van der Waals surface area contributed by atoms with E-state index < -0.39 is 0 Å². The van der Waals surface area contributed by atoms with Crippen molar-refractivity contribution in [1.82, 2.24) is 14.5 Å². The summed E-state index contributed by atoms with van der Waals surface area (Å²) in [6, 6.07) is 7.81. The smallest absolute Gasteiger partial charge is 0.148 e. The van der Waals surface area contributed by atoms with Crippen LogP contribution < -0.4 is 11.3 Å². The lowest BCUT2D eigenvalue weighted by Crippen LogP contribution is -2.19. The highest BCUT2D eigenvalue weighted by atomic mass is 35.5. The second-order valence-corrected chi connectivity index (χ2v) is 5.12. The SMILES string of the molecule is CN(Cc1ccccc1Cl)Cc1nnsc1NN. The number of hydrogen-bond acceptors (Lipinski definition) is 6. The molecule has 18 heavy (non-hydrogen) atoms. The first kappa shape index (κ1) is 13.2. The molecule has 2 aromatic rings. The van der Waals surface area contributed by atoms with Gasteiger partial charge in [-0.15, -0.1) is 5.10 Å². The molecule has 96 valence electrons. The van der Waals surface area contributed by atoms with Crippen LogP contribution in [0.2, 0.25) is 5.02 Å². The van der Waals surface area contributed by atoms with Crippen molar-refractivity contribution in [3.8, 4) is 0 Å². The molecule has 0 spiro atoms. The van der Waals surface area contributed by atoms with E-state index in [1.165, 1.54) is 11.5 Å². The second kappa shape index (κ2) is 6.10. The standard InChI is InChI=1S/C11H14ClN5S/c1-17(6-8-4-2-3-5-9(8)12)7-10-11(14-13)18-16-15-10/h2-5,14H,6-7,13H2,1H3. The number of aromatic nitrogens is 2. The van der Waals surface area contributed by atoms with Crippen molar-refractivity contribution in [2.24, 2.45) is 5.84 Å². The van der Waals surface area contributed by atoms with Gasteiger partial charge in [-0.2, -0.15) is 0 Å². The molecule has 3 N–H and O–H groups in total. The topological polar surface area (TPSA) is 67.1 Å². The third-order valence-electron chi connectivity index (χ3n) is 2.50. The molecule has 0 aliphatic heterocycles. The van der Waals surface area contributed by atoms with Crippen molar-refractivity contribution in [3.63, 3.8) is 0 Å². The van der Waals surface area contributed by atoms with E-state index >= 15 is 0 Å². The number of nitrogens with zero attached hydrogens (tertiary/aromatic N) is 3. The van der Waals surface area contributed by atoms with Gasteiger partial charge >= 0.3 is 0 Å². The Morgan fingerprint density at radius 2 is 2.17 bits per heavy atom. The van der Waals surface area contributed by atoms with Crippen LogP contribution in [0.4, 0.5) is 5.00 Å². The van der Waals surface area contributed by atoms with Gasteiger partial charge in [0.15, 0.2) is 0 Å². The predicted molar refractivity (Wildman–Crippen MR) is 74.3 cm³/mol. The number of hydrazine groups is 1. The van der Waals surface area contributed by atoms with Gasteiger partial charge < -0.3 is 5.43 Å². The lowest BCUT2D eigenvalue weighted by atomic mass is 10.2.